The van der Waals surface area contributed by atoms with Crippen LogP contribution in [-0.4, -0.2) is 37.2 Å². The molecular weight excluding hydrogens is 925 g/mol. The summed E-state index contributed by atoms with van der Waals surface area (Å²) in [6.07, 6.45) is 92.0. The van der Waals surface area contributed by atoms with Gasteiger partial charge in [0.05, 0.1) is 0 Å². The Labute approximate surface area is 459 Å². The lowest BCUT2D eigenvalue weighted by atomic mass is 10.1. The van der Waals surface area contributed by atoms with Crippen molar-refractivity contribution in [3.05, 3.63) is 182 Å². The molecule has 0 aromatic rings. The summed E-state index contributed by atoms with van der Waals surface area (Å²) < 4.78 is 16.7. The summed E-state index contributed by atoms with van der Waals surface area (Å²) in [5.41, 5.74) is 0. The van der Waals surface area contributed by atoms with Crippen LogP contribution in [0.15, 0.2) is 182 Å². The molecular formula is C69H104O6. The zero-order valence-electron chi connectivity index (χ0n) is 47.5. The Balaban J connectivity index is 4.49. The van der Waals surface area contributed by atoms with Crippen molar-refractivity contribution in [1.82, 2.24) is 0 Å². The molecule has 416 valence electrons. The fourth-order valence-corrected chi connectivity index (χ4v) is 7.14. The van der Waals surface area contributed by atoms with Gasteiger partial charge in [0.2, 0.25) is 0 Å². The highest BCUT2D eigenvalue weighted by molar-refractivity contribution is 5.71. The highest BCUT2D eigenvalue weighted by atomic mass is 16.6. The Hall–Kier alpha value is -5.49. The molecule has 0 aliphatic rings. The van der Waals surface area contributed by atoms with Gasteiger partial charge in [0, 0.05) is 19.3 Å². The van der Waals surface area contributed by atoms with Crippen molar-refractivity contribution in [3.8, 4) is 0 Å². The van der Waals surface area contributed by atoms with E-state index in [1.165, 1.54) is 32.1 Å². The van der Waals surface area contributed by atoms with Crippen LogP contribution in [0.5, 0.6) is 0 Å². The van der Waals surface area contributed by atoms with E-state index >= 15 is 0 Å². The molecule has 0 rings (SSSR count). The first-order valence-electron chi connectivity index (χ1n) is 29.3. The molecule has 0 N–H and O–H groups in total. The van der Waals surface area contributed by atoms with Crippen molar-refractivity contribution < 1.29 is 28.6 Å². The van der Waals surface area contributed by atoms with Gasteiger partial charge in [0.25, 0.3) is 0 Å². The normalized spacial score (nSPS) is 13.5. The molecule has 0 aromatic carbocycles. The highest BCUT2D eigenvalue weighted by Crippen LogP contribution is 2.13. The first-order chi connectivity index (χ1) is 37.0. The molecule has 0 aliphatic carbocycles. The molecule has 1 atom stereocenters. The van der Waals surface area contributed by atoms with Gasteiger partial charge in [-0.15, -0.1) is 0 Å². The lowest BCUT2D eigenvalue weighted by Gasteiger charge is -2.18. The smallest absolute Gasteiger partial charge is 0.306 e. The second-order valence-electron chi connectivity index (χ2n) is 18.4. The van der Waals surface area contributed by atoms with E-state index in [0.717, 1.165) is 128 Å². The zero-order chi connectivity index (χ0) is 54.3. The molecule has 0 fully saturated rings. The number of hydrogen-bond donors (Lipinski definition) is 0. The summed E-state index contributed by atoms with van der Waals surface area (Å²) in [7, 11) is 0. The van der Waals surface area contributed by atoms with Crippen molar-refractivity contribution in [2.75, 3.05) is 13.2 Å². The molecule has 0 radical (unpaired) electrons. The molecule has 75 heavy (non-hydrogen) atoms. The molecule has 6 heteroatoms. The fraction of sp³-hybridized carbons (Fsp3) is 0.522. The van der Waals surface area contributed by atoms with Crippen LogP contribution in [0.1, 0.15) is 213 Å². The Kier molecular flexibility index (Phi) is 56.6. The fourth-order valence-electron chi connectivity index (χ4n) is 7.14. The third-order valence-electron chi connectivity index (χ3n) is 11.4. The highest BCUT2D eigenvalue weighted by Gasteiger charge is 2.19. The summed E-state index contributed by atoms with van der Waals surface area (Å²) in [5.74, 6) is -1.10. The molecule has 0 saturated carbocycles. The quantitative estimate of drug-likeness (QED) is 0.0261. The number of hydrogen-bond acceptors (Lipinski definition) is 6. The van der Waals surface area contributed by atoms with E-state index in [1.807, 2.05) is 12.2 Å². The summed E-state index contributed by atoms with van der Waals surface area (Å²) in [5, 5.41) is 0. The minimum atomic E-state index is -0.851. The second-order valence-corrected chi connectivity index (χ2v) is 18.4. The summed E-state index contributed by atoms with van der Waals surface area (Å²) >= 11 is 0. The summed E-state index contributed by atoms with van der Waals surface area (Å²) in [6.45, 7) is 6.15. The van der Waals surface area contributed by atoms with E-state index in [9.17, 15) is 14.4 Å². The summed E-state index contributed by atoms with van der Waals surface area (Å²) in [4.78, 5) is 38.1. The molecule has 6 nitrogen and oxygen atoms in total. The third-order valence-corrected chi connectivity index (χ3v) is 11.4. The van der Waals surface area contributed by atoms with E-state index in [-0.39, 0.29) is 38.0 Å². The Morgan fingerprint density at radius 2 is 0.520 bits per heavy atom. The third kappa shape index (κ3) is 59.3. The number of carbonyl (C=O) groups excluding carboxylic acids is 3. The topological polar surface area (TPSA) is 78.9 Å². The molecule has 0 aliphatic heterocycles. The van der Waals surface area contributed by atoms with Crippen LogP contribution in [0.2, 0.25) is 0 Å². The SMILES string of the molecule is CC/C=C\C/C=C\C/C=C\C/C=C\C/C=C\C/C=C\CCCCCCCCCCC(=O)OCC(COC(=O)CC/C=C\C/C=C\C/C=C\C/C=C\CC)OC(=O)CCC/C=C\C/C=C\C/C=C\C/C=C\C/C=C\CC. The first kappa shape index (κ1) is 69.5. The molecule has 0 spiro atoms. The van der Waals surface area contributed by atoms with E-state index in [4.69, 9.17) is 14.2 Å². The Morgan fingerprint density at radius 3 is 0.867 bits per heavy atom. The van der Waals surface area contributed by atoms with Gasteiger partial charge in [0.1, 0.15) is 13.2 Å². The van der Waals surface area contributed by atoms with Crippen LogP contribution in [0.4, 0.5) is 0 Å². The van der Waals surface area contributed by atoms with Crippen LogP contribution in [0, 0.1) is 0 Å². The van der Waals surface area contributed by atoms with Gasteiger partial charge in [-0.05, 0) is 135 Å². The minimum Gasteiger partial charge on any atom is -0.462 e. The van der Waals surface area contributed by atoms with Crippen LogP contribution < -0.4 is 0 Å². The zero-order valence-corrected chi connectivity index (χ0v) is 47.5. The molecule has 0 heterocycles. The number of esters is 3. The minimum absolute atomic E-state index is 0.137. The van der Waals surface area contributed by atoms with Gasteiger partial charge in [-0.2, -0.15) is 0 Å². The number of ether oxygens (including phenoxy) is 3. The number of allylic oxidation sites excluding steroid dienone is 30. The molecule has 0 saturated heterocycles. The van der Waals surface area contributed by atoms with E-state index < -0.39 is 12.1 Å². The monoisotopic (exact) mass is 1030 g/mol. The van der Waals surface area contributed by atoms with Crippen molar-refractivity contribution in [2.24, 2.45) is 0 Å². The number of carbonyl (C=O) groups is 3. The van der Waals surface area contributed by atoms with E-state index in [0.29, 0.717) is 19.3 Å². The predicted octanol–water partition coefficient (Wildman–Crippen LogP) is 20.1. The predicted molar refractivity (Wildman–Crippen MR) is 324 cm³/mol. The molecule has 1 unspecified atom stereocenters. The Morgan fingerprint density at radius 1 is 0.267 bits per heavy atom. The van der Waals surface area contributed by atoms with Gasteiger partial charge >= 0.3 is 17.9 Å². The molecule has 0 bridgehead atoms. The largest absolute Gasteiger partial charge is 0.462 e. The van der Waals surface area contributed by atoms with E-state index in [2.05, 4.69) is 191 Å². The van der Waals surface area contributed by atoms with Crippen molar-refractivity contribution >= 4 is 17.9 Å². The van der Waals surface area contributed by atoms with Gasteiger partial charge in [-0.1, -0.05) is 242 Å². The van der Waals surface area contributed by atoms with Gasteiger partial charge in [0.15, 0.2) is 6.10 Å². The maximum atomic E-state index is 12.8. The van der Waals surface area contributed by atoms with Crippen LogP contribution >= 0.6 is 0 Å². The summed E-state index contributed by atoms with van der Waals surface area (Å²) in [6, 6.07) is 0. The molecule has 0 amide bonds. The van der Waals surface area contributed by atoms with Gasteiger partial charge in [-0.3, -0.25) is 14.4 Å². The standard InChI is InChI=1S/C69H104O6/c1-4-7-10-13-16-19-22-25-27-29-30-31-32-33-34-35-36-37-38-40-41-44-47-50-53-56-59-62-68(71)74-65-66(64-73-67(70)61-58-55-52-49-46-43-24-21-18-15-12-9-6-3)75-69(72)63-60-57-54-51-48-45-42-39-28-26-23-20-17-14-11-8-5-2/h7-12,16-21,25-28,30-31,33-34,36-37,42-43,45-46,51-52,54-55,66H,4-6,13-15,22-24,29,32,35,38-41,44,47-50,53,56-65H2,1-3H3/b10-7-,11-8-,12-9-,19-16-,20-17-,21-18-,27-25-,28-26-,31-30-,34-33-,37-36-,45-42-,46-43-,54-51-,55-52-. The first-order valence-corrected chi connectivity index (χ1v) is 29.3. The van der Waals surface area contributed by atoms with Crippen molar-refractivity contribution in [2.45, 2.75) is 219 Å². The lowest BCUT2D eigenvalue weighted by molar-refractivity contribution is -0.166. The van der Waals surface area contributed by atoms with Gasteiger partial charge < -0.3 is 14.2 Å². The van der Waals surface area contributed by atoms with Crippen LogP contribution in [0.25, 0.3) is 0 Å². The number of rotatable bonds is 50. The van der Waals surface area contributed by atoms with Crippen molar-refractivity contribution in [3.63, 3.8) is 0 Å². The Bertz CT molecular complexity index is 1800. The van der Waals surface area contributed by atoms with E-state index in [1.54, 1.807) is 0 Å². The van der Waals surface area contributed by atoms with Crippen LogP contribution in [0.3, 0.4) is 0 Å². The lowest BCUT2D eigenvalue weighted by Crippen LogP contribution is -2.30. The van der Waals surface area contributed by atoms with Crippen molar-refractivity contribution in [1.29, 1.82) is 0 Å². The average molecular weight is 1030 g/mol. The second kappa shape index (κ2) is 61.1. The molecule has 0 aromatic heterocycles. The average Bonchev–Trinajstić information content (AvgIpc) is 3.41. The maximum Gasteiger partial charge on any atom is 0.306 e. The van der Waals surface area contributed by atoms with Crippen LogP contribution in [-0.2, 0) is 28.6 Å². The maximum absolute atomic E-state index is 12.8. The van der Waals surface area contributed by atoms with Gasteiger partial charge in [-0.25, -0.2) is 0 Å². The number of unbranched alkanes of at least 4 members (excludes halogenated alkanes) is 9.